The van der Waals surface area contributed by atoms with Gasteiger partial charge in [-0.3, -0.25) is 0 Å². The maximum absolute atomic E-state index is 2.55. The fraction of sp³-hybridized carbons (Fsp3) is 0.0645. The van der Waals surface area contributed by atoms with Gasteiger partial charge in [0.2, 0.25) is 0 Å². The Morgan fingerprint density at radius 2 is 0.688 bits per heavy atom. The van der Waals surface area contributed by atoms with Gasteiger partial charge < -0.3 is 9.80 Å². The summed E-state index contributed by atoms with van der Waals surface area (Å²) in [5.41, 5.74) is 21.9. The Labute approximate surface area is 375 Å². The maximum Gasteiger partial charge on any atom is 0.0727 e. The van der Waals surface area contributed by atoms with E-state index in [1.807, 2.05) is 0 Å². The molecular formula is C62H44N2. The first-order valence-electron chi connectivity index (χ1n) is 22.4. The second kappa shape index (κ2) is 13.8. The molecule has 13 rings (SSSR count). The Hall–Kier alpha value is -7.94. The summed E-state index contributed by atoms with van der Waals surface area (Å²) in [7, 11) is 0. The highest BCUT2D eigenvalue weighted by atomic mass is 15.2. The molecule has 0 radical (unpaired) electrons. The van der Waals surface area contributed by atoms with Crippen molar-refractivity contribution in [3.05, 3.63) is 264 Å². The highest BCUT2D eigenvalue weighted by molar-refractivity contribution is 6.13. The summed E-state index contributed by atoms with van der Waals surface area (Å²) in [5, 5.41) is 2.47. The quantitative estimate of drug-likeness (QED) is 0.165. The Morgan fingerprint density at radius 3 is 1.27 bits per heavy atom. The predicted octanol–water partition coefficient (Wildman–Crippen LogP) is 16.4. The average Bonchev–Trinajstić information content (AvgIpc) is 3.92. The molecule has 302 valence electrons. The van der Waals surface area contributed by atoms with Crippen molar-refractivity contribution in [1.29, 1.82) is 0 Å². The molecule has 0 aromatic heterocycles. The molecule has 0 aliphatic heterocycles. The smallest absolute Gasteiger partial charge is 0.0727 e. The van der Waals surface area contributed by atoms with E-state index in [-0.39, 0.29) is 5.41 Å². The third kappa shape index (κ3) is 4.91. The van der Waals surface area contributed by atoms with Crippen molar-refractivity contribution in [1.82, 2.24) is 0 Å². The zero-order chi connectivity index (χ0) is 42.6. The minimum Gasteiger partial charge on any atom is -0.310 e. The van der Waals surface area contributed by atoms with Crippen LogP contribution in [-0.4, -0.2) is 0 Å². The molecule has 1 spiro atoms. The second-order valence-electron chi connectivity index (χ2n) is 18.0. The standard InChI is InChI=1S/C62H44N2/c1-61(2)49-33-17-14-30-46(49)59-52(61)36-20-38-55(59)64(43-26-10-5-11-27-43)56-39-21-37-53-60(56)48-32-16-19-35-51(48)62(53)50-34-18-15-31-47(50)58-45-29-13-12-28-44(45)57(40-54(58)62)63(41-22-6-3-7-23-41)42-24-8-4-9-25-42/h3-40H,1-2H3. The monoisotopic (exact) mass is 816 g/mol. The Bertz CT molecular complexity index is 3440. The van der Waals surface area contributed by atoms with Gasteiger partial charge in [-0.05, 0) is 116 Å². The summed E-state index contributed by atoms with van der Waals surface area (Å²) in [5.74, 6) is 0. The molecule has 10 aromatic carbocycles. The summed E-state index contributed by atoms with van der Waals surface area (Å²) >= 11 is 0. The number of nitrogens with zero attached hydrogens (tertiary/aromatic N) is 2. The molecule has 3 aliphatic carbocycles. The average molecular weight is 817 g/mol. The lowest BCUT2D eigenvalue weighted by atomic mass is 9.70. The molecule has 0 N–H and O–H groups in total. The first kappa shape index (κ1) is 36.7. The van der Waals surface area contributed by atoms with Crippen LogP contribution in [0.15, 0.2) is 231 Å². The van der Waals surface area contributed by atoms with Gasteiger partial charge in [-0.15, -0.1) is 0 Å². The first-order valence-corrected chi connectivity index (χ1v) is 22.4. The molecule has 64 heavy (non-hydrogen) atoms. The first-order chi connectivity index (χ1) is 31.6. The van der Waals surface area contributed by atoms with E-state index in [1.54, 1.807) is 0 Å². The normalized spacial score (nSPS) is 15.5. The largest absolute Gasteiger partial charge is 0.310 e. The number of hydrogen-bond acceptors (Lipinski definition) is 2. The fourth-order valence-corrected chi connectivity index (χ4v) is 11.9. The lowest BCUT2D eigenvalue weighted by Crippen LogP contribution is -2.26. The van der Waals surface area contributed by atoms with E-state index >= 15 is 0 Å². The molecule has 1 atom stereocenters. The third-order valence-corrected chi connectivity index (χ3v) is 14.4. The van der Waals surface area contributed by atoms with Gasteiger partial charge >= 0.3 is 0 Å². The van der Waals surface area contributed by atoms with Crippen LogP contribution in [0, 0.1) is 0 Å². The van der Waals surface area contributed by atoms with Gasteiger partial charge in [0.1, 0.15) is 0 Å². The van der Waals surface area contributed by atoms with E-state index in [4.69, 9.17) is 0 Å². The fourth-order valence-electron chi connectivity index (χ4n) is 11.9. The van der Waals surface area contributed by atoms with Gasteiger partial charge in [0.15, 0.2) is 0 Å². The van der Waals surface area contributed by atoms with Crippen molar-refractivity contribution in [2.24, 2.45) is 0 Å². The van der Waals surface area contributed by atoms with E-state index < -0.39 is 5.41 Å². The summed E-state index contributed by atoms with van der Waals surface area (Å²) in [4.78, 5) is 5.00. The van der Waals surface area contributed by atoms with Crippen LogP contribution >= 0.6 is 0 Å². The van der Waals surface area contributed by atoms with Gasteiger partial charge in [0, 0.05) is 39.0 Å². The van der Waals surface area contributed by atoms with E-state index in [2.05, 4.69) is 254 Å². The molecule has 0 bridgehead atoms. The minimum absolute atomic E-state index is 0.134. The predicted molar refractivity (Wildman–Crippen MR) is 267 cm³/mol. The van der Waals surface area contributed by atoms with E-state index in [1.165, 1.54) is 88.9 Å². The van der Waals surface area contributed by atoms with E-state index in [0.29, 0.717) is 0 Å². The van der Waals surface area contributed by atoms with Gasteiger partial charge in [-0.25, -0.2) is 0 Å². The van der Waals surface area contributed by atoms with Gasteiger partial charge in [0.05, 0.1) is 22.5 Å². The number of benzene rings is 10. The van der Waals surface area contributed by atoms with Gasteiger partial charge in [-0.2, -0.15) is 0 Å². The minimum atomic E-state index is -0.596. The molecule has 10 aromatic rings. The molecule has 2 heteroatoms. The van der Waals surface area contributed by atoms with Crippen LogP contribution in [0.4, 0.5) is 34.1 Å². The lowest BCUT2D eigenvalue weighted by Gasteiger charge is -2.34. The molecule has 0 heterocycles. The Kier molecular flexibility index (Phi) is 7.90. The molecular weight excluding hydrogens is 773 g/mol. The van der Waals surface area contributed by atoms with Crippen molar-refractivity contribution >= 4 is 44.9 Å². The topological polar surface area (TPSA) is 6.48 Å². The van der Waals surface area contributed by atoms with Crippen LogP contribution in [0.2, 0.25) is 0 Å². The van der Waals surface area contributed by atoms with Crippen LogP contribution < -0.4 is 9.80 Å². The van der Waals surface area contributed by atoms with Crippen LogP contribution in [0.5, 0.6) is 0 Å². The SMILES string of the molecule is CC1(C)c2ccccc2-c2c(N(c3ccccc3)c3cccc4c3-c3ccccc3C43c4ccccc4-c4c3cc(N(c3ccccc3)c3ccccc3)c3ccccc43)cccc21. The van der Waals surface area contributed by atoms with Crippen molar-refractivity contribution in [3.63, 3.8) is 0 Å². The summed E-state index contributed by atoms with van der Waals surface area (Å²) in [6.45, 7) is 4.75. The van der Waals surface area contributed by atoms with Crippen molar-refractivity contribution in [3.8, 4) is 33.4 Å². The Morgan fingerprint density at radius 1 is 0.281 bits per heavy atom. The number of rotatable bonds is 6. The number of hydrogen-bond donors (Lipinski definition) is 0. The lowest BCUT2D eigenvalue weighted by molar-refractivity contribution is 0.660. The molecule has 0 saturated carbocycles. The molecule has 0 fully saturated rings. The number of anilines is 6. The molecule has 0 amide bonds. The maximum atomic E-state index is 2.55. The summed E-state index contributed by atoms with van der Waals surface area (Å²) < 4.78 is 0. The molecule has 1 unspecified atom stereocenters. The number of fused-ring (bicyclic) bond motifs is 15. The highest BCUT2D eigenvalue weighted by Crippen LogP contribution is 2.67. The third-order valence-electron chi connectivity index (χ3n) is 14.4. The van der Waals surface area contributed by atoms with E-state index in [0.717, 1.165) is 22.7 Å². The van der Waals surface area contributed by atoms with Gasteiger partial charge in [0.25, 0.3) is 0 Å². The Balaban J connectivity index is 1.14. The van der Waals surface area contributed by atoms with Crippen LogP contribution in [-0.2, 0) is 10.8 Å². The van der Waals surface area contributed by atoms with Crippen LogP contribution in [0.25, 0.3) is 44.2 Å². The summed E-state index contributed by atoms with van der Waals surface area (Å²) in [6.07, 6.45) is 0. The molecule has 0 saturated heterocycles. The molecule has 3 aliphatic rings. The zero-order valence-electron chi connectivity index (χ0n) is 35.8. The van der Waals surface area contributed by atoms with Crippen molar-refractivity contribution < 1.29 is 0 Å². The van der Waals surface area contributed by atoms with Crippen molar-refractivity contribution in [2.45, 2.75) is 24.7 Å². The van der Waals surface area contributed by atoms with E-state index in [9.17, 15) is 0 Å². The molecule has 2 nitrogen and oxygen atoms in total. The summed E-state index contributed by atoms with van der Waals surface area (Å²) in [6, 6.07) is 85.7. The van der Waals surface area contributed by atoms with Crippen LogP contribution in [0.1, 0.15) is 47.2 Å². The zero-order valence-corrected chi connectivity index (χ0v) is 35.8. The number of para-hydroxylation sites is 3. The van der Waals surface area contributed by atoms with Crippen LogP contribution in [0.3, 0.4) is 0 Å². The highest BCUT2D eigenvalue weighted by Gasteiger charge is 2.53. The second-order valence-corrected chi connectivity index (χ2v) is 18.0. The van der Waals surface area contributed by atoms with Gasteiger partial charge in [-0.1, -0.05) is 190 Å². The van der Waals surface area contributed by atoms with Crippen molar-refractivity contribution in [2.75, 3.05) is 9.80 Å².